The van der Waals surface area contributed by atoms with Crippen molar-refractivity contribution in [2.24, 2.45) is 13.0 Å². The second-order valence-electron chi connectivity index (χ2n) is 9.94. The molecule has 5 rings (SSSR count). The molecular formula is C24H30ClF3N8. The van der Waals surface area contributed by atoms with Gasteiger partial charge in [-0.05, 0) is 50.9 Å². The van der Waals surface area contributed by atoms with Gasteiger partial charge in [-0.15, -0.1) is 0 Å². The van der Waals surface area contributed by atoms with E-state index in [1.54, 1.807) is 24.8 Å². The van der Waals surface area contributed by atoms with Gasteiger partial charge in [0.1, 0.15) is 0 Å². The summed E-state index contributed by atoms with van der Waals surface area (Å²) in [6.07, 6.45) is 8.55. The summed E-state index contributed by atoms with van der Waals surface area (Å²) in [5.74, 6) is 1.17. The number of nitrogens with one attached hydrogen (secondary N) is 2. The Morgan fingerprint density at radius 3 is 2.58 bits per heavy atom. The van der Waals surface area contributed by atoms with Crippen LogP contribution in [-0.2, 0) is 20.0 Å². The molecule has 0 radical (unpaired) electrons. The first-order valence-electron chi connectivity index (χ1n) is 12.3. The van der Waals surface area contributed by atoms with Gasteiger partial charge in [0.15, 0.2) is 0 Å². The number of hydrogen-bond donors (Lipinski definition) is 2. The molecule has 0 atom stereocenters. The van der Waals surface area contributed by atoms with Crippen LogP contribution in [0.4, 0.5) is 19.1 Å². The predicted molar refractivity (Wildman–Crippen MR) is 130 cm³/mol. The Kier molecular flexibility index (Phi) is 7.21. The Hall–Kier alpha value is -2.66. The fraction of sp³-hybridized carbons (Fsp3) is 0.583. The SMILES string of the molecule is Cn1ncc(-c2nc(N[C@H]3CC[C@@H](N(Cc4cn[nH]c4)CC(F)(F)F)CC3)ncc2Cl)c1CC1CC1. The lowest BCUT2D eigenvalue weighted by atomic mass is 9.90. The molecule has 3 aromatic heterocycles. The van der Waals surface area contributed by atoms with Gasteiger partial charge in [0, 0.05) is 48.7 Å². The molecule has 2 N–H and O–H groups in total. The average Bonchev–Trinajstić information content (AvgIpc) is 3.37. The van der Waals surface area contributed by atoms with Gasteiger partial charge in [-0.25, -0.2) is 9.97 Å². The highest BCUT2D eigenvalue weighted by molar-refractivity contribution is 6.32. The number of anilines is 1. The second-order valence-corrected chi connectivity index (χ2v) is 10.3. The van der Waals surface area contributed by atoms with Crippen LogP contribution in [0.1, 0.15) is 49.8 Å². The van der Waals surface area contributed by atoms with Gasteiger partial charge in [0.05, 0.1) is 35.9 Å². The molecule has 3 heterocycles. The third kappa shape index (κ3) is 6.18. The highest BCUT2D eigenvalue weighted by atomic mass is 35.5. The lowest BCUT2D eigenvalue weighted by Crippen LogP contribution is -2.44. The number of aromatic nitrogens is 6. The number of alkyl halides is 3. The Labute approximate surface area is 212 Å². The van der Waals surface area contributed by atoms with E-state index in [1.165, 1.54) is 17.7 Å². The number of aryl methyl sites for hydroxylation is 1. The van der Waals surface area contributed by atoms with Crippen molar-refractivity contribution in [3.63, 3.8) is 0 Å². The topological polar surface area (TPSA) is 87.5 Å². The highest BCUT2D eigenvalue weighted by Gasteiger charge is 2.35. The number of H-pyrrole nitrogens is 1. The third-order valence-electron chi connectivity index (χ3n) is 7.11. The zero-order valence-electron chi connectivity index (χ0n) is 20.1. The highest BCUT2D eigenvalue weighted by Crippen LogP contribution is 2.37. The van der Waals surface area contributed by atoms with Crippen LogP contribution >= 0.6 is 11.6 Å². The van der Waals surface area contributed by atoms with Crippen molar-refractivity contribution in [1.82, 2.24) is 34.8 Å². The molecule has 0 saturated heterocycles. The first kappa shape index (κ1) is 25.0. The molecule has 0 bridgehead atoms. The van der Waals surface area contributed by atoms with E-state index in [1.807, 2.05) is 11.7 Å². The molecule has 0 aliphatic heterocycles. The van der Waals surface area contributed by atoms with Crippen molar-refractivity contribution in [3.05, 3.63) is 41.1 Å². The largest absolute Gasteiger partial charge is 0.401 e. The molecule has 12 heteroatoms. The zero-order chi connectivity index (χ0) is 25.3. The summed E-state index contributed by atoms with van der Waals surface area (Å²) in [6.45, 7) is -0.713. The summed E-state index contributed by atoms with van der Waals surface area (Å²) in [6, 6.07) is -0.0709. The van der Waals surface area contributed by atoms with E-state index in [2.05, 4.69) is 25.6 Å². The fourth-order valence-electron chi connectivity index (χ4n) is 5.03. The van der Waals surface area contributed by atoms with E-state index in [4.69, 9.17) is 16.6 Å². The van der Waals surface area contributed by atoms with Crippen LogP contribution < -0.4 is 5.32 Å². The van der Waals surface area contributed by atoms with Crippen molar-refractivity contribution < 1.29 is 13.2 Å². The van der Waals surface area contributed by atoms with Gasteiger partial charge >= 0.3 is 6.18 Å². The standard InChI is InChI=1S/C24H30ClF3N8/c1-35-21(8-15-2-3-15)19(11-32-35)22-20(25)12-29-23(34-22)33-17-4-6-18(7-5-17)36(14-24(26,27)28)13-16-9-30-31-10-16/h9-12,15,17-18H,2-8,13-14H2,1H3,(H,30,31)(H,29,33,34)/t17-,18+. The maximum atomic E-state index is 13.3. The number of nitrogens with zero attached hydrogens (tertiary/aromatic N) is 6. The Balaban J connectivity index is 1.24. The van der Waals surface area contributed by atoms with Gasteiger partial charge < -0.3 is 5.32 Å². The van der Waals surface area contributed by atoms with E-state index in [-0.39, 0.29) is 18.6 Å². The molecule has 2 saturated carbocycles. The lowest BCUT2D eigenvalue weighted by molar-refractivity contribution is -0.153. The van der Waals surface area contributed by atoms with Gasteiger partial charge in [0.25, 0.3) is 0 Å². The minimum Gasteiger partial charge on any atom is -0.351 e. The molecule has 0 amide bonds. The first-order valence-corrected chi connectivity index (χ1v) is 12.7. The van der Waals surface area contributed by atoms with Gasteiger partial charge in [-0.2, -0.15) is 23.4 Å². The summed E-state index contributed by atoms with van der Waals surface area (Å²) in [5.41, 5.74) is 3.44. The van der Waals surface area contributed by atoms with Crippen LogP contribution in [0.25, 0.3) is 11.3 Å². The molecule has 0 spiro atoms. The minimum atomic E-state index is -4.25. The molecule has 3 aromatic rings. The molecule has 36 heavy (non-hydrogen) atoms. The summed E-state index contributed by atoms with van der Waals surface area (Å²) >= 11 is 6.48. The van der Waals surface area contributed by atoms with Gasteiger partial charge in [-0.3, -0.25) is 14.7 Å². The summed E-state index contributed by atoms with van der Waals surface area (Å²) in [5, 5.41) is 14.8. The van der Waals surface area contributed by atoms with Crippen LogP contribution in [-0.4, -0.2) is 59.7 Å². The number of rotatable bonds is 9. The Morgan fingerprint density at radius 2 is 1.92 bits per heavy atom. The zero-order valence-corrected chi connectivity index (χ0v) is 20.9. The van der Waals surface area contributed by atoms with Crippen molar-refractivity contribution in [2.75, 3.05) is 11.9 Å². The summed E-state index contributed by atoms with van der Waals surface area (Å²) in [4.78, 5) is 10.6. The van der Waals surface area contributed by atoms with Gasteiger partial charge in [0.2, 0.25) is 5.95 Å². The molecule has 2 aliphatic rings. The Morgan fingerprint density at radius 1 is 1.14 bits per heavy atom. The molecule has 194 valence electrons. The summed E-state index contributed by atoms with van der Waals surface area (Å²) in [7, 11) is 1.93. The van der Waals surface area contributed by atoms with Crippen molar-refractivity contribution in [2.45, 2.75) is 69.8 Å². The van der Waals surface area contributed by atoms with Crippen molar-refractivity contribution in [3.8, 4) is 11.3 Å². The third-order valence-corrected chi connectivity index (χ3v) is 7.39. The molecular weight excluding hydrogens is 493 g/mol. The van der Waals surface area contributed by atoms with Crippen LogP contribution in [0.15, 0.2) is 24.8 Å². The second kappa shape index (κ2) is 10.4. The van der Waals surface area contributed by atoms with E-state index in [0.717, 1.165) is 36.1 Å². The molecule has 2 aliphatic carbocycles. The van der Waals surface area contributed by atoms with E-state index in [0.29, 0.717) is 35.4 Å². The lowest BCUT2D eigenvalue weighted by Gasteiger charge is -2.37. The van der Waals surface area contributed by atoms with E-state index in [9.17, 15) is 13.2 Å². The number of hydrogen-bond acceptors (Lipinski definition) is 6. The molecule has 2 fully saturated rings. The van der Waals surface area contributed by atoms with Crippen LogP contribution in [0, 0.1) is 5.92 Å². The van der Waals surface area contributed by atoms with E-state index >= 15 is 0 Å². The summed E-state index contributed by atoms with van der Waals surface area (Å²) < 4.78 is 41.7. The maximum Gasteiger partial charge on any atom is 0.401 e. The van der Waals surface area contributed by atoms with Crippen molar-refractivity contribution in [1.29, 1.82) is 0 Å². The normalized spacial score (nSPS) is 20.7. The fourth-order valence-corrected chi connectivity index (χ4v) is 5.23. The molecule has 0 unspecified atom stereocenters. The smallest absolute Gasteiger partial charge is 0.351 e. The van der Waals surface area contributed by atoms with Crippen molar-refractivity contribution >= 4 is 17.5 Å². The predicted octanol–water partition coefficient (Wildman–Crippen LogP) is 4.99. The first-order chi connectivity index (χ1) is 17.2. The minimum absolute atomic E-state index is 0.0803. The molecule has 8 nitrogen and oxygen atoms in total. The average molecular weight is 523 g/mol. The Bertz CT molecular complexity index is 1150. The number of halogens is 4. The van der Waals surface area contributed by atoms with Crippen LogP contribution in [0.3, 0.4) is 0 Å². The van der Waals surface area contributed by atoms with Gasteiger partial charge in [-0.1, -0.05) is 11.6 Å². The maximum absolute atomic E-state index is 13.3. The van der Waals surface area contributed by atoms with Crippen LogP contribution in [0.5, 0.6) is 0 Å². The quantitative estimate of drug-likeness (QED) is 0.411. The number of aromatic amines is 1. The molecule has 0 aromatic carbocycles. The monoisotopic (exact) mass is 522 g/mol. The van der Waals surface area contributed by atoms with E-state index < -0.39 is 12.7 Å². The van der Waals surface area contributed by atoms with Crippen LogP contribution in [0.2, 0.25) is 5.02 Å².